The zero-order valence-electron chi connectivity index (χ0n) is 14.5. The maximum Gasteiger partial charge on any atom is 0.254 e. The summed E-state index contributed by atoms with van der Waals surface area (Å²) in [6.07, 6.45) is 1.39. The Hall–Kier alpha value is -2.92. The molecule has 3 rings (SSSR count). The molecule has 0 aliphatic heterocycles. The number of carbonyl (C=O) groups excluding carboxylic acids is 1. The van der Waals surface area contributed by atoms with Gasteiger partial charge >= 0.3 is 0 Å². The molecule has 2 N–H and O–H groups in total. The lowest BCUT2D eigenvalue weighted by molar-refractivity contribution is -0.115. The number of aryl methyl sites for hydroxylation is 2. The van der Waals surface area contributed by atoms with E-state index in [2.05, 4.69) is 15.3 Å². The fourth-order valence-electron chi connectivity index (χ4n) is 2.73. The van der Waals surface area contributed by atoms with E-state index >= 15 is 0 Å². The van der Waals surface area contributed by atoms with Gasteiger partial charge in [-0.2, -0.15) is 0 Å². The summed E-state index contributed by atoms with van der Waals surface area (Å²) in [7, 11) is 0. The molecule has 1 amide bonds. The topological polar surface area (TPSA) is 74.8 Å². The summed E-state index contributed by atoms with van der Waals surface area (Å²) >= 11 is 5.86. The average molecular weight is 368 g/mol. The molecule has 1 aromatic heterocycles. The first kappa shape index (κ1) is 17.9. The molecule has 132 valence electrons. The van der Waals surface area contributed by atoms with Crippen molar-refractivity contribution < 1.29 is 4.79 Å². The minimum absolute atomic E-state index is 0.0454. The van der Waals surface area contributed by atoms with Crippen LogP contribution in [0.2, 0.25) is 5.02 Å². The Labute approximate surface area is 156 Å². The van der Waals surface area contributed by atoms with Crippen molar-refractivity contribution >= 4 is 23.2 Å². The van der Waals surface area contributed by atoms with Gasteiger partial charge in [-0.05, 0) is 61.4 Å². The molecule has 3 aromatic rings. The zero-order chi connectivity index (χ0) is 18.7. The molecule has 6 heteroatoms. The highest BCUT2D eigenvalue weighted by atomic mass is 35.5. The summed E-state index contributed by atoms with van der Waals surface area (Å²) in [6.45, 7) is 3.93. The van der Waals surface area contributed by atoms with Gasteiger partial charge in [-0.3, -0.25) is 9.59 Å². The van der Waals surface area contributed by atoms with Crippen LogP contribution in [0.25, 0.3) is 11.4 Å². The predicted octanol–water partition coefficient (Wildman–Crippen LogP) is 3.89. The second-order valence-electron chi connectivity index (χ2n) is 6.19. The summed E-state index contributed by atoms with van der Waals surface area (Å²) in [5, 5.41) is 3.42. The van der Waals surface area contributed by atoms with Gasteiger partial charge in [-0.15, -0.1) is 0 Å². The number of halogens is 1. The number of aromatic nitrogens is 2. The Morgan fingerprint density at radius 2 is 1.77 bits per heavy atom. The molecular formula is C20H18ClN3O2. The maximum absolute atomic E-state index is 12.3. The molecule has 0 aliphatic carbocycles. The van der Waals surface area contributed by atoms with Crippen LogP contribution in [0.15, 0.2) is 53.5 Å². The van der Waals surface area contributed by atoms with Crippen molar-refractivity contribution in [1.82, 2.24) is 9.97 Å². The van der Waals surface area contributed by atoms with E-state index in [1.54, 1.807) is 24.3 Å². The van der Waals surface area contributed by atoms with E-state index in [-0.39, 0.29) is 17.9 Å². The van der Waals surface area contributed by atoms with Crippen molar-refractivity contribution in [3.8, 4) is 11.4 Å². The average Bonchev–Trinajstić information content (AvgIpc) is 2.56. The Morgan fingerprint density at radius 3 is 2.38 bits per heavy atom. The van der Waals surface area contributed by atoms with Crippen molar-refractivity contribution in [2.45, 2.75) is 20.3 Å². The van der Waals surface area contributed by atoms with Crippen LogP contribution in [0.5, 0.6) is 0 Å². The highest BCUT2D eigenvalue weighted by molar-refractivity contribution is 6.30. The van der Waals surface area contributed by atoms with Crippen LogP contribution in [-0.4, -0.2) is 15.9 Å². The monoisotopic (exact) mass is 367 g/mol. The second kappa shape index (κ2) is 7.54. The highest BCUT2D eigenvalue weighted by Crippen LogP contribution is 2.17. The Balaban J connectivity index is 1.74. The number of carbonyl (C=O) groups is 1. The van der Waals surface area contributed by atoms with Gasteiger partial charge < -0.3 is 10.3 Å². The molecular weight excluding hydrogens is 350 g/mol. The molecule has 0 unspecified atom stereocenters. The summed E-state index contributed by atoms with van der Waals surface area (Å²) < 4.78 is 0. The van der Waals surface area contributed by atoms with E-state index in [0.717, 1.165) is 22.4 Å². The fraction of sp³-hybridized carbons (Fsp3) is 0.150. The molecule has 0 radical (unpaired) electrons. The normalized spacial score (nSPS) is 10.6. The summed E-state index contributed by atoms with van der Waals surface area (Å²) in [6, 6.07) is 12.8. The van der Waals surface area contributed by atoms with Gasteiger partial charge in [0.25, 0.3) is 5.56 Å². The van der Waals surface area contributed by atoms with Crippen LogP contribution in [-0.2, 0) is 11.2 Å². The fourth-order valence-corrected chi connectivity index (χ4v) is 2.85. The van der Waals surface area contributed by atoms with Gasteiger partial charge in [0.1, 0.15) is 5.82 Å². The lowest BCUT2D eigenvalue weighted by Crippen LogP contribution is -2.22. The third-order valence-electron chi connectivity index (χ3n) is 3.85. The molecule has 0 bridgehead atoms. The van der Waals surface area contributed by atoms with Gasteiger partial charge in [0.05, 0.1) is 6.42 Å². The molecule has 26 heavy (non-hydrogen) atoms. The van der Waals surface area contributed by atoms with Gasteiger partial charge in [-0.25, -0.2) is 4.98 Å². The first-order valence-corrected chi connectivity index (χ1v) is 8.51. The SMILES string of the molecule is Cc1cc(C)cc(NC(=O)Cc2cnc(-c3ccc(Cl)cc3)[nH]c2=O)c1. The van der Waals surface area contributed by atoms with E-state index in [9.17, 15) is 9.59 Å². The molecule has 5 nitrogen and oxygen atoms in total. The first-order chi connectivity index (χ1) is 12.4. The number of benzene rings is 2. The third kappa shape index (κ3) is 4.37. The molecule has 0 saturated heterocycles. The minimum Gasteiger partial charge on any atom is -0.326 e. The molecule has 0 aliphatic rings. The van der Waals surface area contributed by atoms with E-state index in [1.165, 1.54) is 6.20 Å². The van der Waals surface area contributed by atoms with Crippen molar-refractivity contribution in [3.05, 3.63) is 80.7 Å². The van der Waals surface area contributed by atoms with E-state index < -0.39 is 0 Å². The number of nitrogens with one attached hydrogen (secondary N) is 2. The number of amides is 1. The number of anilines is 1. The molecule has 0 atom stereocenters. The van der Waals surface area contributed by atoms with Gasteiger partial charge in [0, 0.05) is 28.0 Å². The van der Waals surface area contributed by atoms with Crippen LogP contribution < -0.4 is 10.9 Å². The molecule has 0 saturated carbocycles. The predicted molar refractivity (Wildman–Crippen MR) is 104 cm³/mol. The maximum atomic E-state index is 12.3. The van der Waals surface area contributed by atoms with Crippen LogP contribution in [0.3, 0.4) is 0 Å². The van der Waals surface area contributed by atoms with Crippen LogP contribution >= 0.6 is 11.6 Å². The number of hydrogen-bond donors (Lipinski definition) is 2. The van der Waals surface area contributed by atoms with Crippen LogP contribution in [0, 0.1) is 13.8 Å². The Kier molecular flexibility index (Phi) is 5.19. The molecule has 1 heterocycles. The van der Waals surface area contributed by atoms with Crippen molar-refractivity contribution in [1.29, 1.82) is 0 Å². The number of aromatic amines is 1. The van der Waals surface area contributed by atoms with E-state index in [4.69, 9.17) is 11.6 Å². The van der Waals surface area contributed by atoms with Crippen molar-refractivity contribution in [2.24, 2.45) is 0 Å². The number of rotatable bonds is 4. The lowest BCUT2D eigenvalue weighted by atomic mass is 10.1. The number of nitrogens with zero attached hydrogens (tertiary/aromatic N) is 1. The lowest BCUT2D eigenvalue weighted by Gasteiger charge is -2.08. The van der Waals surface area contributed by atoms with Gasteiger partial charge in [0.2, 0.25) is 5.91 Å². The number of hydrogen-bond acceptors (Lipinski definition) is 3. The quantitative estimate of drug-likeness (QED) is 0.734. The summed E-state index contributed by atoms with van der Waals surface area (Å²) in [5.74, 6) is 0.173. The van der Waals surface area contributed by atoms with Crippen LogP contribution in [0.4, 0.5) is 5.69 Å². The zero-order valence-corrected chi connectivity index (χ0v) is 15.2. The summed E-state index contributed by atoms with van der Waals surface area (Å²) in [4.78, 5) is 31.5. The Bertz CT molecular complexity index is 990. The smallest absolute Gasteiger partial charge is 0.254 e. The third-order valence-corrected chi connectivity index (χ3v) is 4.10. The van der Waals surface area contributed by atoms with Crippen molar-refractivity contribution in [2.75, 3.05) is 5.32 Å². The molecule has 2 aromatic carbocycles. The highest BCUT2D eigenvalue weighted by Gasteiger charge is 2.10. The standard InChI is InChI=1S/C20H18ClN3O2/c1-12-7-13(2)9-17(8-12)23-18(25)10-15-11-22-19(24-20(15)26)14-3-5-16(21)6-4-14/h3-9,11H,10H2,1-2H3,(H,23,25)(H,22,24,26). The van der Waals surface area contributed by atoms with Crippen LogP contribution in [0.1, 0.15) is 16.7 Å². The van der Waals surface area contributed by atoms with E-state index in [1.807, 2.05) is 32.0 Å². The van der Waals surface area contributed by atoms with Crippen molar-refractivity contribution in [3.63, 3.8) is 0 Å². The molecule has 0 fully saturated rings. The Morgan fingerprint density at radius 1 is 1.12 bits per heavy atom. The van der Waals surface area contributed by atoms with Gasteiger partial charge in [-0.1, -0.05) is 17.7 Å². The van der Waals surface area contributed by atoms with E-state index in [0.29, 0.717) is 16.4 Å². The first-order valence-electron chi connectivity index (χ1n) is 8.13. The summed E-state index contributed by atoms with van der Waals surface area (Å²) in [5.41, 5.74) is 3.57. The molecule has 0 spiro atoms. The minimum atomic E-state index is -0.333. The second-order valence-corrected chi connectivity index (χ2v) is 6.63. The van der Waals surface area contributed by atoms with Gasteiger partial charge in [0.15, 0.2) is 0 Å². The number of H-pyrrole nitrogens is 1. The largest absolute Gasteiger partial charge is 0.326 e.